The summed E-state index contributed by atoms with van der Waals surface area (Å²) >= 11 is 11.8. The van der Waals surface area contributed by atoms with Crippen molar-refractivity contribution in [1.82, 2.24) is 19.9 Å². The molecular weight excluding hydrogens is 798 g/mol. The maximum atomic E-state index is 12.7. The van der Waals surface area contributed by atoms with Gasteiger partial charge in [0, 0.05) is 33.6 Å². The molecule has 1 aliphatic rings. The molecule has 0 radical (unpaired) electrons. The number of fused-ring (bicyclic) bond motifs is 1. The molecule has 0 saturated heterocycles. The van der Waals surface area contributed by atoms with E-state index in [1.54, 1.807) is 68.4 Å². The third-order valence-electron chi connectivity index (χ3n) is 8.44. The zero-order valence-corrected chi connectivity index (χ0v) is 33.1. The average molecular weight is 833 g/mol. The van der Waals surface area contributed by atoms with Crippen LogP contribution in [0.4, 0.5) is 51.7 Å². The van der Waals surface area contributed by atoms with E-state index < -0.39 is 19.7 Å². The van der Waals surface area contributed by atoms with Crippen molar-refractivity contribution in [2.75, 3.05) is 38.1 Å². The summed E-state index contributed by atoms with van der Waals surface area (Å²) in [5.41, 5.74) is 9.73. The van der Waals surface area contributed by atoms with Gasteiger partial charge in [0.15, 0.2) is 19.7 Å². The van der Waals surface area contributed by atoms with Crippen LogP contribution in [-0.2, 0) is 30.9 Å². The number of nitrogens with two attached hydrogens (primary N) is 1. The van der Waals surface area contributed by atoms with Crippen molar-refractivity contribution >= 4 is 100 Å². The van der Waals surface area contributed by atoms with Crippen molar-refractivity contribution in [2.24, 2.45) is 0 Å². The number of nitrogen functional groups attached to an aromatic ring is 1. The molecule has 0 saturated carbocycles. The van der Waals surface area contributed by atoms with Crippen LogP contribution in [0, 0.1) is 0 Å². The predicted octanol–water partition coefficient (Wildman–Crippen LogP) is 7.88. The molecule has 7 rings (SSSR count). The number of aromatic nitrogens is 4. The van der Waals surface area contributed by atoms with Gasteiger partial charge >= 0.3 is 0 Å². The second-order valence-corrected chi connectivity index (χ2v) is 17.6. The van der Waals surface area contributed by atoms with Gasteiger partial charge in [-0.15, -0.1) is 0 Å². The molecule has 0 spiro atoms. The van der Waals surface area contributed by atoms with Crippen LogP contribution in [-0.4, -0.2) is 54.2 Å². The lowest BCUT2D eigenvalue weighted by molar-refractivity contribution is -0.116. The highest BCUT2D eigenvalue weighted by Gasteiger charge is 2.31. The molecule has 0 aliphatic carbocycles. The van der Waals surface area contributed by atoms with E-state index in [4.69, 9.17) is 28.9 Å². The van der Waals surface area contributed by atoms with Crippen LogP contribution < -0.4 is 26.6 Å². The lowest BCUT2D eigenvalue weighted by atomic mass is 10.2. The molecule has 4 aromatic carbocycles. The maximum Gasteiger partial charge on any atom is 0.237 e. The average Bonchev–Trinajstić information content (AvgIpc) is 3.53. The largest absolute Gasteiger partial charge is 0.397 e. The van der Waals surface area contributed by atoms with Crippen molar-refractivity contribution in [1.29, 1.82) is 0 Å². The van der Waals surface area contributed by atoms with Gasteiger partial charge in [0.25, 0.3) is 0 Å². The van der Waals surface area contributed by atoms with E-state index in [0.717, 1.165) is 16.9 Å². The van der Waals surface area contributed by atoms with Crippen molar-refractivity contribution in [3.63, 3.8) is 0 Å². The summed E-state index contributed by atoms with van der Waals surface area (Å²) in [6.07, 6.45) is 2.93. The number of nitrogens with one attached hydrogen (secondary N) is 3. The van der Waals surface area contributed by atoms with Gasteiger partial charge in [-0.1, -0.05) is 43.1 Å². The van der Waals surface area contributed by atoms with Crippen molar-refractivity contribution < 1.29 is 21.6 Å². The molecule has 0 fully saturated rings. The molecule has 18 heteroatoms. The minimum absolute atomic E-state index is 0.0115. The fraction of sp³-hybridized carbons (Fsp3) is 0.132. The molecule has 2 aromatic heterocycles. The van der Waals surface area contributed by atoms with Gasteiger partial charge in [0.2, 0.25) is 5.91 Å². The van der Waals surface area contributed by atoms with E-state index >= 15 is 0 Å². The third kappa shape index (κ3) is 9.52. The number of hydrogen-bond donors (Lipinski definition) is 4. The van der Waals surface area contributed by atoms with Crippen LogP contribution in [0.25, 0.3) is 0 Å². The third-order valence-corrected chi connectivity index (χ3v) is 12.4. The van der Waals surface area contributed by atoms with Crippen LogP contribution in [0.2, 0.25) is 10.0 Å². The summed E-state index contributed by atoms with van der Waals surface area (Å²) in [5.74, 6) is 1.72. The molecule has 0 unspecified atom stereocenters. The Bertz CT molecular complexity index is 2610. The van der Waals surface area contributed by atoms with E-state index in [-0.39, 0.29) is 33.6 Å². The number of sulfone groups is 2. The van der Waals surface area contributed by atoms with E-state index in [1.807, 2.05) is 24.3 Å². The number of benzene rings is 4. The number of hydrogen-bond acceptors (Lipinski definition) is 13. The summed E-state index contributed by atoms with van der Waals surface area (Å²) in [6.45, 7) is 3.18. The van der Waals surface area contributed by atoms with Crippen LogP contribution in [0.5, 0.6) is 0 Å². The maximum absolute atomic E-state index is 12.7. The quantitative estimate of drug-likeness (QED) is 0.0920. The Morgan fingerprint density at radius 2 is 1.14 bits per heavy atom. The fourth-order valence-electron chi connectivity index (χ4n) is 5.42. The Labute approximate surface area is 334 Å². The lowest BCUT2D eigenvalue weighted by Crippen LogP contribution is -2.22. The van der Waals surface area contributed by atoms with E-state index in [9.17, 15) is 21.6 Å². The second-order valence-electron chi connectivity index (χ2n) is 12.2. The summed E-state index contributed by atoms with van der Waals surface area (Å²) < 4.78 is 48.7. The minimum atomic E-state index is -3.39. The molecule has 0 bridgehead atoms. The Kier molecular flexibility index (Phi) is 12.0. The molecule has 3 heterocycles. The Balaban J connectivity index is 0.000000190. The minimum Gasteiger partial charge on any atom is -0.397 e. The second kappa shape index (κ2) is 16.9. The monoisotopic (exact) mass is 831 g/mol. The van der Waals surface area contributed by atoms with Crippen LogP contribution in [0.3, 0.4) is 0 Å². The molecule has 1 amide bonds. The first-order chi connectivity index (χ1) is 26.7. The van der Waals surface area contributed by atoms with Crippen LogP contribution in [0.15, 0.2) is 120 Å². The number of rotatable bonds is 11. The Hall–Kier alpha value is -5.81. The molecule has 1 aliphatic heterocycles. The first kappa shape index (κ1) is 39.9. The molecule has 56 heavy (non-hydrogen) atoms. The van der Waals surface area contributed by atoms with Crippen molar-refractivity contribution in [2.45, 2.75) is 30.1 Å². The first-order valence-corrected chi connectivity index (χ1v) is 21.1. The molecule has 0 atom stereocenters. The highest BCUT2D eigenvalue weighted by atomic mass is 35.5. The van der Waals surface area contributed by atoms with E-state index in [1.165, 1.54) is 35.8 Å². The zero-order valence-electron chi connectivity index (χ0n) is 29.9. The van der Waals surface area contributed by atoms with Gasteiger partial charge in [-0.3, -0.25) is 9.69 Å². The molecule has 6 aromatic rings. The highest BCUT2D eigenvalue weighted by Crippen LogP contribution is 2.37. The summed E-state index contributed by atoms with van der Waals surface area (Å²) in [5, 5.41) is 10.6. The summed E-state index contributed by atoms with van der Waals surface area (Å²) in [4.78, 5) is 31.2. The van der Waals surface area contributed by atoms with Crippen molar-refractivity contribution in [3.05, 3.63) is 125 Å². The van der Waals surface area contributed by atoms with Gasteiger partial charge in [-0.05, 0) is 84.4 Å². The van der Waals surface area contributed by atoms with Gasteiger partial charge in [-0.25, -0.2) is 36.8 Å². The number of carbonyl (C=O) groups is 1. The molecule has 5 N–H and O–H groups in total. The zero-order chi connectivity index (χ0) is 40.0. The normalized spacial score (nSPS) is 12.4. The van der Waals surface area contributed by atoms with Gasteiger partial charge in [-0.2, -0.15) is 0 Å². The topological polar surface area (TPSA) is 202 Å². The van der Waals surface area contributed by atoms with Gasteiger partial charge < -0.3 is 21.7 Å². The number of amides is 1. The van der Waals surface area contributed by atoms with E-state index in [0.29, 0.717) is 50.4 Å². The van der Waals surface area contributed by atoms with Crippen LogP contribution >= 0.6 is 23.2 Å². The number of halogens is 2. The Morgan fingerprint density at radius 1 is 0.643 bits per heavy atom. The molecule has 14 nitrogen and oxygen atoms in total. The highest BCUT2D eigenvalue weighted by molar-refractivity contribution is 7.91. The van der Waals surface area contributed by atoms with E-state index in [2.05, 4.69) is 35.9 Å². The SMILES string of the molecule is CCS(=O)(=O)c1ccc(N)c(Nc2cc(Nc3ccc(Cl)cc3)ncn2)c1.CCS(=O)(=O)c1ccc2c(c1)N(c1cc(Nc3ccc(Cl)cc3)ncn1)C(=O)C2. The standard InChI is InChI=1S/C20H17ClN4O3S.C18H18ClN5O2S/c1-2-29(27,28)16-8-3-13-9-20(26)25(17(13)10-16)19-11-18(22-12-23-19)24-15-6-4-14(21)5-7-15;1-2-27(25,26)14-7-8-15(20)16(9-14)24-18-10-17(21-11-22-18)23-13-5-3-12(19)4-6-13/h3-8,10-12H,2,9H2,1H3,(H,22,23,24);3-11H,2,20H2,1H3,(H2,21,22,23,24). The van der Waals surface area contributed by atoms with Gasteiger partial charge in [0.05, 0.1) is 44.8 Å². The smallest absolute Gasteiger partial charge is 0.237 e. The number of carbonyl (C=O) groups excluding carboxylic acids is 1. The lowest BCUT2D eigenvalue weighted by Gasteiger charge is -2.18. The first-order valence-electron chi connectivity index (χ1n) is 17.0. The summed E-state index contributed by atoms with van der Waals surface area (Å²) in [7, 11) is -6.72. The number of anilines is 9. The van der Waals surface area contributed by atoms with Gasteiger partial charge in [0.1, 0.15) is 35.9 Å². The number of nitrogens with zero attached hydrogens (tertiary/aromatic N) is 5. The fourth-order valence-corrected chi connectivity index (χ4v) is 7.48. The van der Waals surface area contributed by atoms with Crippen molar-refractivity contribution in [3.8, 4) is 0 Å². The molecular formula is C38H35Cl2N9O5S2. The Morgan fingerprint density at radius 3 is 1.71 bits per heavy atom. The van der Waals surface area contributed by atoms with Crippen LogP contribution in [0.1, 0.15) is 19.4 Å². The molecule has 288 valence electrons. The predicted molar refractivity (Wildman–Crippen MR) is 220 cm³/mol. The summed E-state index contributed by atoms with van der Waals surface area (Å²) in [6, 6.07) is 27.0.